The van der Waals surface area contributed by atoms with Gasteiger partial charge in [0.25, 0.3) is 5.91 Å². The molecule has 0 atom stereocenters. The third-order valence-corrected chi connectivity index (χ3v) is 5.50. The van der Waals surface area contributed by atoms with Crippen LogP contribution in [0.15, 0.2) is 59.0 Å². The average molecular weight is 491 g/mol. The zero-order valence-electron chi connectivity index (χ0n) is 16.0. The van der Waals surface area contributed by atoms with E-state index in [1.807, 2.05) is 25.1 Å². The fourth-order valence-electron chi connectivity index (χ4n) is 2.92. The molecule has 0 unspecified atom stereocenters. The van der Waals surface area contributed by atoms with Crippen molar-refractivity contribution >= 4 is 74.8 Å². The SMILES string of the molecule is Cc1ccc2nc(-c3cc(NC(=S)NC(=O)c4cc(Cl)ccc4Cl)ccc3Cl)oc2c1. The molecule has 156 valence electrons. The number of aryl methyl sites for hydroxylation is 1. The van der Waals surface area contributed by atoms with Gasteiger partial charge in [-0.15, -0.1) is 0 Å². The van der Waals surface area contributed by atoms with Gasteiger partial charge in [-0.05, 0) is 73.2 Å². The van der Waals surface area contributed by atoms with Gasteiger partial charge in [0.1, 0.15) is 5.52 Å². The summed E-state index contributed by atoms with van der Waals surface area (Å²) in [6.07, 6.45) is 0. The first-order valence-electron chi connectivity index (χ1n) is 9.04. The Labute approximate surface area is 198 Å². The third-order valence-electron chi connectivity index (χ3n) is 4.40. The van der Waals surface area contributed by atoms with E-state index in [0.29, 0.717) is 32.8 Å². The third kappa shape index (κ3) is 4.83. The van der Waals surface area contributed by atoms with Crippen molar-refractivity contribution in [2.45, 2.75) is 6.92 Å². The highest BCUT2D eigenvalue weighted by atomic mass is 35.5. The first-order chi connectivity index (χ1) is 14.8. The summed E-state index contributed by atoms with van der Waals surface area (Å²) >= 11 is 23.6. The normalized spacial score (nSPS) is 10.8. The summed E-state index contributed by atoms with van der Waals surface area (Å²) in [4.78, 5) is 17.0. The lowest BCUT2D eigenvalue weighted by molar-refractivity contribution is 0.0978. The number of amides is 1. The second-order valence-electron chi connectivity index (χ2n) is 6.72. The Balaban J connectivity index is 1.54. The van der Waals surface area contributed by atoms with Gasteiger partial charge in [-0.2, -0.15) is 0 Å². The van der Waals surface area contributed by atoms with Crippen LogP contribution in [0.1, 0.15) is 15.9 Å². The van der Waals surface area contributed by atoms with Crippen molar-refractivity contribution in [3.63, 3.8) is 0 Å². The van der Waals surface area contributed by atoms with Crippen LogP contribution < -0.4 is 10.6 Å². The maximum absolute atomic E-state index is 12.5. The number of rotatable bonds is 3. The molecule has 0 aliphatic rings. The predicted molar refractivity (Wildman–Crippen MR) is 129 cm³/mol. The maximum Gasteiger partial charge on any atom is 0.258 e. The summed E-state index contributed by atoms with van der Waals surface area (Å²) in [6.45, 7) is 1.98. The summed E-state index contributed by atoms with van der Waals surface area (Å²) in [6, 6.07) is 15.5. The zero-order valence-corrected chi connectivity index (χ0v) is 19.1. The Morgan fingerprint density at radius 2 is 1.77 bits per heavy atom. The van der Waals surface area contributed by atoms with Crippen LogP contribution in [-0.2, 0) is 0 Å². The highest BCUT2D eigenvalue weighted by molar-refractivity contribution is 7.80. The summed E-state index contributed by atoms with van der Waals surface area (Å²) in [5.74, 6) is -0.0941. The van der Waals surface area contributed by atoms with Crippen LogP contribution in [-0.4, -0.2) is 16.0 Å². The minimum atomic E-state index is -0.478. The van der Waals surface area contributed by atoms with Gasteiger partial charge >= 0.3 is 0 Å². The van der Waals surface area contributed by atoms with Crippen LogP contribution in [0.4, 0.5) is 5.69 Å². The molecule has 0 bridgehead atoms. The number of hydrogen-bond donors (Lipinski definition) is 2. The van der Waals surface area contributed by atoms with Gasteiger partial charge in [0.15, 0.2) is 10.7 Å². The topological polar surface area (TPSA) is 67.2 Å². The second-order valence-corrected chi connectivity index (χ2v) is 8.38. The predicted octanol–water partition coefficient (Wildman–Crippen LogP) is 6.89. The Bertz CT molecular complexity index is 1340. The van der Waals surface area contributed by atoms with Crippen LogP contribution in [0, 0.1) is 6.92 Å². The van der Waals surface area contributed by atoms with Crippen molar-refractivity contribution in [2.24, 2.45) is 0 Å². The Kier molecular flexibility index (Phi) is 6.16. The van der Waals surface area contributed by atoms with Gasteiger partial charge in [-0.1, -0.05) is 40.9 Å². The molecule has 0 saturated heterocycles. The van der Waals surface area contributed by atoms with Crippen molar-refractivity contribution in [3.8, 4) is 11.5 Å². The first-order valence-corrected chi connectivity index (χ1v) is 10.6. The average Bonchev–Trinajstić information content (AvgIpc) is 3.14. The second kappa shape index (κ2) is 8.85. The fourth-order valence-corrected chi connectivity index (χ4v) is 3.70. The summed E-state index contributed by atoms with van der Waals surface area (Å²) in [5, 5.41) is 6.75. The fraction of sp³-hybridized carbons (Fsp3) is 0.0455. The smallest absolute Gasteiger partial charge is 0.258 e. The van der Waals surface area contributed by atoms with Gasteiger partial charge in [0.05, 0.1) is 21.2 Å². The Morgan fingerprint density at radius 3 is 2.58 bits per heavy atom. The highest BCUT2D eigenvalue weighted by Gasteiger charge is 2.15. The quantitative estimate of drug-likeness (QED) is 0.306. The van der Waals surface area contributed by atoms with Crippen molar-refractivity contribution < 1.29 is 9.21 Å². The minimum absolute atomic E-state index is 0.0857. The number of anilines is 1. The van der Waals surface area contributed by atoms with Crippen molar-refractivity contribution in [1.82, 2.24) is 10.3 Å². The zero-order chi connectivity index (χ0) is 22.1. The molecule has 5 nitrogen and oxygen atoms in total. The number of benzene rings is 3. The molecule has 0 radical (unpaired) electrons. The van der Waals surface area contributed by atoms with Gasteiger partial charge < -0.3 is 9.73 Å². The van der Waals surface area contributed by atoms with E-state index in [4.69, 9.17) is 51.4 Å². The number of oxazole rings is 1. The molecule has 1 amide bonds. The number of nitrogens with zero attached hydrogens (tertiary/aromatic N) is 1. The number of hydrogen-bond acceptors (Lipinski definition) is 4. The van der Waals surface area contributed by atoms with E-state index >= 15 is 0 Å². The lowest BCUT2D eigenvalue weighted by Crippen LogP contribution is -2.34. The van der Waals surface area contributed by atoms with E-state index in [1.54, 1.807) is 30.3 Å². The minimum Gasteiger partial charge on any atom is -0.436 e. The lowest BCUT2D eigenvalue weighted by atomic mass is 10.2. The molecule has 0 saturated carbocycles. The van der Waals surface area contributed by atoms with E-state index in [2.05, 4.69) is 15.6 Å². The van der Waals surface area contributed by atoms with Crippen LogP contribution in [0.3, 0.4) is 0 Å². The van der Waals surface area contributed by atoms with Crippen molar-refractivity contribution in [3.05, 3.63) is 80.8 Å². The van der Waals surface area contributed by atoms with Crippen LogP contribution in [0.5, 0.6) is 0 Å². The molecule has 4 aromatic rings. The number of carbonyl (C=O) groups is 1. The van der Waals surface area contributed by atoms with Crippen LogP contribution in [0.2, 0.25) is 15.1 Å². The van der Waals surface area contributed by atoms with Crippen LogP contribution in [0.25, 0.3) is 22.6 Å². The molecule has 0 fully saturated rings. The molecule has 0 spiro atoms. The number of fused-ring (bicyclic) bond motifs is 1. The number of carbonyl (C=O) groups excluding carboxylic acids is 1. The molecule has 4 rings (SSSR count). The number of nitrogens with one attached hydrogen (secondary N) is 2. The molecule has 1 aromatic heterocycles. The molecule has 0 aliphatic heterocycles. The van der Waals surface area contributed by atoms with Crippen molar-refractivity contribution in [2.75, 3.05) is 5.32 Å². The molecule has 31 heavy (non-hydrogen) atoms. The summed E-state index contributed by atoms with van der Waals surface area (Å²) in [7, 11) is 0. The molecule has 0 aliphatic carbocycles. The number of thiocarbonyl (C=S) groups is 1. The lowest BCUT2D eigenvalue weighted by Gasteiger charge is -2.11. The molecule has 3 aromatic carbocycles. The van der Waals surface area contributed by atoms with E-state index in [0.717, 1.165) is 11.1 Å². The van der Waals surface area contributed by atoms with Gasteiger partial charge in [0, 0.05) is 10.7 Å². The first kappa shape index (κ1) is 21.6. The van der Waals surface area contributed by atoms with E-state index < -0.39 is 5.91 Å². The molecule has 2 N–H and O–H groups in total. The molecular weight excluding hydrogens is 477 g/mol. The van der Waals surface area contributed by atoms with E-state index in [-0.39, 0.29) is 15.7 Å². The monoisotopic (exact) mass is 489 g/mol. The molecule has 9 heteroatoms. The molecular formula is C22H14Cl3N3O2S. The summed E-state index contributed by atoms with van der Waals surface area (Å²) in [5.41, 5.74) is 3.88. The maximum atomic E-state index is 12.5. The number of halogens is 3. The van der Waals surface area contributed by atoms with Crippen molar-refractivity contribution in [1.29, 1.82) is 0 Å². The standard InChI is InChI=1S/C22H14Cl3N3O2S/c1-11-2-7-18-19(8-11)30-21(27-18)15-10-13(4-6-17(15)25)26-22(31)28-20(29)14-9-12(23)3-5-16(14)24/h2-10H,1H3,(H2,26,28,29,31). The van der Waals surface area contributed by atoms with E-state index in [1.165, 1.54) is 6.07 Å². The van der Waals surface area contributed by atoms with Gasteiger partial charge in [-0.3, -0.25) is 10.1 Å². The molecule has 1 heterocycles. The highest BCUT2D eigenvalue weighted by Crippen LogP contribution is 2.32. The summed E-state index contributed by atoms with van der Waals surface area (Å²) < 4.78 is 5.87. The van der Waals surface area contributed by atoms with Crippen LogP contribution >= 0.6 is 47.0 Å². The van der Waals surface area contributed by atoms with Gasteiger partial charge in [-0.25, -0.2) is 4.98 Å². The Hall–Kier alpha value is -2.64. The largest absolute Gasteiger partial charge is 0.436 e. The van der Waals surface area contributed by atoms with E-state index in [9.17, 15) is 4.79 Å². The Morgan fingerprint density at radius 1 is 1.00 bits per heavy atom. The number of aromatic nitrogens is 1. The van der Waals surface area contributed by atoms with Gasteiger partial charge in [0.2, 0.25) is 5.89 Å².